The van der Waals surface area contributed by atoms with Crippen LogP contribution in [0.2, 0.25) is 0 Å². The molecule has 1 aromatic rings. The molecule has 0 aromatic carbocycles. The summed E-state index contributed by atoms with van der Waals surface area (Å²) in [6.07, 6.45) is 0. The van der Waals surface area contributed by atoms with Crippen molar-refractivity contribution < 1.29 is 4.42 Å². The summed E-state index contributed by atoms with van der Waals surface area (Å²) in [5, 5.41) is 8.70. The lowest BCUT2D eigenvalue weighted by atomic mass is 9.98. The van der Waals surface area contributed by atoms with E-state index < -0.39 is 0 Å². The molecule has 0 unspecified atom stereocenters. The van der Waals surface area contributed by atoms with Crippen LogP contribution in [0.25, 0.3) is 0 Å². The fraction of sp³-hybridized carbons (Fsp3) is 0.545. The first-order valence-electron chi connectivity index (χ1n) is 4.60. The van der Waals surface area contributed by atoms with Crippen molar-refractivity contribution in [2.75, 3.05) is 0 Å². The summed E-state index contributed by atoms with van der Waals surface area (Å²) in [4.78, 5) is 0. The van der Waals surface area contributed by atoms with Crippen LogP contribution in [0, 0.1) is 11.3 Å². The summed E-state index contributed by atoms with van der Waals surface area (Å²) >= 11 is 0. The maximum absolute atomic E-state index is 8.70. The Balaban J connectivity index is 3.17. The predicted octanol–water partition coefficient (Wildman–Crippen LogP) is 3.40. The molecule has 0 spiro atoms. The van der Waals surface area contributed by atoms with Crippen LogP contribution < -0.4 is 0 Å². The first-order chi connectivity index (χ1) is 6.06. The third kappa shape index (κ3) is 1.92. The smallest absolute Gasteiger partial charge is 0.203 e. The molecule has 0 bridgehead atoms. The van der Waals surface area contributed by atoms with Crippen molar-refractivity contribution in [2.24, 2.45) is 0 Å². The van der Waals surface area contributed by atoms with Crippen molar-refractivity contribution in [3.8, 4) is 6.07 Å². The highest BCUT2D eigenvalue weighted by Gasteiger charge is 2.16. The van der Waals surface area contributed by atoms with Gasteiger partial charge in [-0.2, -0.15) is 5.26 Å². The van der Waals surface area contributed by atoms with Crippen molar-refractivity contribution in [3.63, 3.8) is 0 Å². The first kappa shape index (κ1) is 9.85. The van der Waals surface area contributed by atoms with E-state index in [4.69, 9.17) is 9.68 Å². The topological polar surface area (TPSA) is 36.9 Å². The van der Waals surface area contributed by atoms with E-state index in [1.807, 2.05) is 12.1 Å². The zero-order valence-electron chi connectivity index (χ0n) is 8.59. The largest absolute Gasteiger partial charge is 0.450 e. The van der Waals surface area contributed by atoms with Crippen molar-refractivity contribution in [1.82, 2.24) is 0 Å². The molecule has 0 saturated heterocycles. The Hall–Kier alpha value is -1.23. The number of hydrogen-bond donors (Lipinski definition) is 0. The fourth-order valence-electron chi connectivity index (χ4n) is 1.38. The lowest BCUT2D eigenvalue weighted by Crippen LogP contribution is -1.93. The van der Waals surface area contributed by atoms with Gasteiger partial charge < -0.3 is 4.42 Å². The molecule has 0 aliphatic heterocycles. The van der Waals surface area contributed by atoms with Gasteiger partial charge in [-0.1, -0.05) is 27.7 Å². The van der Waals surface area contributed by atoms with Crippen LogP contribution in [0.3, 0.4) is 0 Å². The zero-order valence-corrected chi connectivity index (χ0v) is 8.59. The van der Waals surface area contributed by atoms with Gasteiger partial charge in [0.05, 0.1) is 0 Å². The van der Waals surface area contributed by atoms with E-state index in [1.165, 1.54) is 0 Å². The second-order valence-electron chi connectivity index (χ2n) is 3.85. The Bertz CT molecular complexity index is 303. The van der Waals surface area contributed by atoms with E-state index in [2.05, 4.69) is 27.7 Å². The third-order valence-corrected chi connectivity index (χ3v) is 2.05. The van der Waals surface area contributed by atoms with E-state index in [0.717, 1.165) is 11.3 Å². The van der Waals surface area contributed by atoms with Gasteiger partial charge in [-0.3, -0.25) is 0 Å². The van der Waals surface area contributed by atoms with Crippen molar-refractivity contribution in [2.45, 2.75) is 39.5 Å². The van der Waals surface area contributed by atoms with E-state index >= 15 is 0 Å². The number of furan rings is 1. The minimum Gasteiger partial charge on any atom is -0.450 e. The molecule has 0 fully saturated rings. The quantitative estimate of drug-likeness (QED) is 0.694. The summed E-state index contributed by atoms with van der Waals surface area (Å²) in [7, 11) is 0. The van der Waals surface area contributed by atoms with E-state index in [0.29, 0.717) is 17.6 Å². The molecule has 2 heteroatoms. The molecule has 13 heavy (non-hydrogen) atoms. The van der Waals surface area contributed by atoms with Gasteiger partial charge in [-0.25, -0.2) is 0 Å². The van der Waals surface area contributed by atoms with Gasteiger partial charge in [0.15, 0.2) is 0 Å². The zero-order chi connectivity index (χ0) is 10.0. The van der Waals surface area contributed by atoms with Gasteiger partial charge in [0.25, 0.3) is 0 Å². The minimum atomic E-state index is 0.347. The Kier molecular flexibility index (Phi) is 2.77. The average Bonchev–Trinajstić information content (AvgIpc) is 2.47. The van der Waals surface area contributed by atoms with Gasteiger partial charge in [0.2, 0.25) is 5.76 Å². The molecule has 0 aliphatic carbocycles. The molecule has 0 aliphatic rings. The number of rotatable bonds is 2. The van der Waals surface area contributed by atoms with Crippen LogP contribution in [0.1, 0.15) is 56.6 Å². The maximum atomic E-state index is 8.70. The van der Waals surface area contributed by atoms with Crippen LogP contribution in [-0.2, 0) is 0 Å². The molecular formula is C11H15NO. The van der Waals surface area contributed by atoms with E-state index in [9.17, 15) is 0 Å². The fourth-order valence-corrected chi connectivity index (χ4v) is 1.38. The SMILES string of the molecule is CC(C)c1cc(C#N)oc1C(C)C. The molecule has 0 radical (unpaired) electrons. The molecule has 2 nitrogen and oxygen atoms in total. The first-order valence-corrected chi connectivity index (χ1v) is 4.60. The molecular weight excluding hydrogens is 162 g/mol. The second kappa shape index (κ2) is 3.66. The second-order valence-corrected chi connectivity index (χ2v) is 3.85. The number of nitrogens with zero attached hydrogens (tertiary/aromatic N) is 1. The standard InChI is InChI=1S/C11H15NO/c1-7(2)10-5-9(6-12)13-11(10)8(3)4/h5,7-8H,1-4H3. The Morgan fingerprint density at radius 2 is 1.85 bits per heavy atom. The molecule has 1 rings (SSSR count). The highest BCUT2D eigenvalue weighted by molar-refractivity contribution is 5.32. The van der Waals surface area contributed by atoms with Crippen molar-refractivity contribution in [1.29, 1.82) is 5.26 Å². The number of nitriles is 1. The van der Waals surface area contributed by atoms with Gasteiger partial charge in [0, 0.05) is 5.92 Å². The summed E-state index contributed by atoms with van der Waals surface area (Å²) in [5.41, 5.74) is 1.16. The predicted molar refractivity (Wildman–Crippen MR) is 51.6 cm³/mol. The highest BCUT2D eigenvalue weighted by Crippen LogP contribution is 2.28. The summed E-state index contributed by atoms with van der Waals surface area (Å²) in [6, 6.07) is 3.88. The molecule has 0 atom stereocenters. The molecule has 70 valence electrons. The van der Waals surface area contributed by atoms with Crippen LogP contribution in [0.4, 0.5) is 0 Å². The van der Waals surface area contributed by atoms with Crippen molar-refractivity contribution >= 4 is 0 Å². The maximum Gasteiger partial charge on any atom is 0.203 e. The van der Waals surface area contributed by atoms with Crippen LogP contribution in [0.5, 0.6) is 0 Å². The molecule has 1 aromatic heterocycles. The Morgan fingerprint density at radius 1 is 1.23 bits per heavy atom. The monoisotopic (exact) mass is 177 g/mol. The van der Waals surface area contributed by atoms with Gasteiger partial charge in [-0.05, 0) is 17.5 Å². The Morgan fingerprint density at radius 3 is 2.15 bits per heavy atom. The average molecular weight is 177 g/mol. The van der Waals surface area contributed by atoms with Gasteiger partial charge in [0.1, 0.15) is 11.8 Å². The van der Waals surface area contributed by atoms with Crippen LogP contribution in [-0.4, -0.2) is 0 Å². The molecule has 0 saturated carbocycles. The lowest BCUT2D eigenvalue weighted by molar-refractivity contribution is 0.470. The Labute approximate surface area is 79.2 Å². The normalized spacial score (nSPS) is 10.8. The van der Waals surface area contributed by atoms with Crippen LogP contribution in [0.15, 0.2) is 10.5 Å². The van der Waals surface area contributed by atoms with Gasteiger partial charge in [-0.15, -0.1) is 0 Å². The summed E-state index contributed by atoms with van der Waals surface area (Å²) in [6.45, 7) is 8.37. The van der Waals surface area contributed by atoms with E-state index in [-0.39, 0.29) is 0 Å². The molecule has 0 N–H and O–H groups in total. The molecule has 1 heterocycles. The summed E-state index contributed by atoms with van der Waals surface area (Å²) < 4.78 is 5.43. The molecule has 0 amide bonds. The number of hydrogen-bond acceptors (Lipinski definition) is 2. The minimum absolute atomic E-state index is 0.347. The highest BCUT2D eigenvalue weighted by atomic mass is 16.3. The van der Waals surface area contributed by atoms with Crippen LogP contribution >= 0.6 is 0 Å². The van der Waals surface area contributed by atoms with Crippen molar-refractivity contribution in [3.05, 3.63) is 23.2 Å². The summed E-state index contributed by atoms with van der Waals surface area (Å²) in [5.74, 6) is 2.14. The van der Waals surface area contributed by atoms with E-state index in [1.54, 1.807) is 0 Å². The van der Waals surface area contributed by atoms with Gasteiger partial charge >= 0.3 is 0 Å². The lowest BCUT2D eigenvalue weighted by Gasteiger charge is -2.07. The third-order valence-electron chi connectivity index (χ3n) is 2.05.